The second kappa shape index (κ2) is 6.88. The third kappa shape index (κ3) is 4.05. The Hall–Kier alpha value is -1.90. The van der Waals surface area contributed by atoms with E-state index in [1.807, 2.05) is 6.07 Å². The van der Waals surface area contributed by atoms with Crippen molar-refractivity contribution in [2.24, 2.45) is 0 Å². The number of hydrogen-bond acceptors (Lipinski definition) is 4. The average molecular weight is 259 g/mol. The van der Waals surface area contributed by atoms with E-state index in [0.29, 0.717) is 17.8 Å². The number of benzene rings is 1. The lowest BCUT2D eigenvalue weighted by Crippen LogP contribution is -2.33. The molecular formula is C14H17N3O2. The summed E-state index contributed by atoms with van der Waals surface area (Å²) in [5, 5.41) is 14.7. The minimum atomic E-state index is -0.152. The van der Waals surface area contributed by atoms with Crippen molar-refractivity contribution in [1.29, 1.82) is 5.26 Å². The van der Waals surface area contributed by atoms with Crippen molar-refractivity contribution in [2.45, 2.75) is 18.9 Å². The first-order chi connectivity index (χ1) is 9.29. The van der Waals surface area contributed by atoms with E-state index in [0.717, 1.165) is 19.4 Å². The number of nitriles is 1. The first-order valence-electron chi connectivity index (χ1n) is 6.41. The molecule has 1 fully saturated rings. The quantitative estimate of drug-likeness (QED) is 0.835. The van der Waals surface area contributed by atoms with Crippen LogP contribution < -0.4 is 10.6 Å². The highest BCUT2D eigenvalue weighted by Gasteiger charge is 2.15. The number of carbonyl (C=O) groups excluding carboxylic acids is 1. The fourth-order valence-electron chi connectivity index (χ4n) is 2.04. The normalized spacial score (nSPS) is 17.9. The van der Waals surface area contributed by atoms with Gasteiger partial charge in [0, 0.05) is 13.2 Å². The fraction of sp³-hybridized carbons (Fsp3) is 0.429. The van der Waals surface area contributed by atoms with Crippen LogP contribution in [0.2, 0.25) is 0 Å². The molecule has 1 saturated heterocycles. The number of nitrogens with one attached hydrogen (secondary N) is 2. The molecule has 1 aromatic rings. The maximum absolute atomic E-state index is 11.7. The van der Waals surface area contributed by atoms with Crippen LogP contribution in [0.15, 0.2) is 24.3 Å². The van der Waals surface area contributed by atoms with E-state index in [1.54, 1.807) is 24.3 Å². The Bertz CT molecular complexity index is 476. The van der Waals surface area contributed by atoms with Crippen LogP contribution in [0.1, 0.15) is 18.4 Å². The molecule has 1 atom stereocenters. The smallest absolute Gasteiger partial charge is 0.238 e. The van der Waals surface area contributed by atoms with Crippen molar-refractivity contribution in [1.82, 2.24) is 5.32 Å². The highest BCUT2D eigenvalue weighted by atomic mass is 16.5. The molecule has 1 heterocycles. The van der Waals surface area contributed by atoms with Crippen molar-refractivity contribution >= 4 is 11.6 Å². The first-order valence-corrected chi connectivity index (χ1v) is 6.41. The molecule has 5 heteroatoms. The van der Waals surface area contributed by atoms with Gasteiger partial charge >= 0.3 is 0 Å². The monoisotopic (exact) mass is 259 g/mol. The Morgan fingerprint density at radius 3 is 3.05 bits per heavy atom. The third-order valence-corrected chi connectivity index (χ3v) is 3.00. The number of hydrogen-bond donors (Lipinski definition) is 2. The standard InChI is InChI=1S/C14H17N3O2/c15-8-11-4-1-2-6-13(11)17-14(18)10-16-9-12-5-3-7-19-12/h1-2,4,6,12,16H,3,5,7,9-10H2,(H,17,18)/t12-/m0/s1. The summed E-state index contributed by atoms with van der Waals surface area (Å²) >= 11 is 0. The number of rotatable bonds is 5. The summed E-state index contributed by atoms with van der Waals surface area (Å²) in [6.45, 7) is 1.72. The number of para-hydroxylation sites is 1. The first kappa shape index (κ1) is 13.5. The van der Waals surface area contributed by atoms with Crippen molar-refractivity contribution in [3.05, 3.63) is 29.8 Å². The third-order valence-electron chi connectivity index (χ3n) is 3.00. The number of anilines is 1. The molecule has 0 aromatic heterocycles. The topological polar surface area (TPSA) is 74.2 Å². The minimum Gasteiger partial charge on any atom is -0.377 e. The Kier molecular flexibility index (Phi) is 4.90. The van der Waals surface area contributed by atoms with E-state index in [4.69, 9.17) is 10.00 Å². The van der Waals surface area contributed by atoms with Gasteiger partial charge in [0.2, 0.25) is 5.91 Å². The molecule has 0 aliphatic carbocycles. The fourth-order valence-corrected chi connectivity index (χ4v) is 2.04. The highest BCUT2D eigenvalue weighted by Crippen LogP contribution is 2.13. The number of nitrogens with zero attached hydrogens (tertiary/aromatic N) is 1. The van der Waals surface area contributed by atoms with Crippen LogP contribution in [-0.2, 0) is 9.53 Å². The van der Waals surface area contributed by atoms with Gasteiger partial charge in [-0.1, -0.05) is 12.1 Å². The van der Waals surface area contributed by atoms with Crippen LogP contribution in [-0.4, -0.2) is 31.7 Å². The number of amides is 1. The van der Waals surface area contributed by atoms with Gasteiger partial charge in [0.05, 0.1) is 23.9 Å². The van der Waals surface area contributed by atoms with Crippen molar-refractivity contribution < 1.29 is 9.53 Å². The molecule has 5 nitrogen and oxygen atoms in total. The summed E-state index contributed by atoms with van der Waals surface area (Å²) in [4.78, 5) is 11.7. The summed E-state index contributed by atoms with van der Waals surface area (Å²) in [6.07, 6.45) is 2.36. The van der Waals surface area contributed by atoms with Gasteiger partial charge in [0.25, 0.3) is 0 Å². The van der Waals surface area contributed by atoms with Gasteiger partial charge in [0.15, 0.2) is 0 Å². The van der Waals surface area contributed by atoms with Gasteiger partial charge in [-0.2, -0.15) is 5.26 Å². The predicted octanol–water partition coefficient (Wildman–Crippen LogP) is 1.27. The predicted molar refractivity (Wildman–Crippen MR) is 71.6 cm³/mol. The molecule has 19 heavy (non-hydrogen) atoms. The Balaban J connectivity index is 1.76. The molecule has 1 aliphatic heterocycles. The molecule has 1 aliphatic rings. The molecule has 2 rings (SSSR count). The molecule has 1 aromatic carbocycles. The molecule has 0 unspecified atom stereocenters. The molecule has 0 bridgehead atoms. The maximum Gasteiger partial charge on any atom is 0.238 e. The summed E-state index contributed by atoms with van der Waals surface area (Å²) in [5.74, 6) is -0.152. The van der Waals surface area contributed by atoms with Crippen LogP contribution in [0.3, 0.4) is 0 Å². The Morgan fingerprint density at radius 1 is 1.47 bits per heavy atom. The van der Waals surface area contributed by atoms with Crippen LogP contribution in [0.5, 0.6) is 0 Å². The molecule has 1 amide bonds. The summed E-state index contributed by atoms with van der Waals surface area (Å²) in [5.41, 5.74) is 1.02. The SMILES string of the molecule is N#Cc1ccccc1NC(=O)CNC[C@@H]1CCCO1. The van der Waals surface area contributed by atoms with E-state index in [2.05, 4.69) is 10.6 Å². The van der Waals surface area contributed by atoms with Crippen LogP contribution in [0, 0.1) is 11.3 Å². The van der Waals surface area contributed by atoms with Gasteiger partial charge in [-0.3, -0.25) is 4.79 Å². The summed E-state index contributed by atoms with van der Waals surface area (Å²) < 4.78 is 5.45. The van der Waals surface area contributed by atoms with E-state index in [9.17, 15) is 4.79 Å². The lowest BCUT2D eigenvalue weighted by Gasteiger charge is -2.11. The van der Waals surface area contributed by atoms with Crippen molar-refractivity contribution in [3.63, 3.8) is 0 Å². The Labute approximate surface area is 112 Å². The lowest BCUT2D eigenvalue weighted by atomic mass is 10.2. The maximum atomic E-state index is 11.7. The zero-order valence-corrected chi connectivity index (χ0v) is 10.7. The molecule has 0 spiro atoms. The van der Waals surface area contributed by atoms with Crippen molar-refractivity contribution in [2.75, 3.05) is 25.0 Å². The van der Waals surface area contributed by atoms with Gasteiger partial charge in [0.1, 0.15) is 6.07 Å². The summed E-state index contributed by atoms with van der Waals surface area (Å²) in [6, 6.07) is 9.00. The van der Waals surface area contributed by atoms with Crippen LogP contribution in [0.25, 0.3) is 0 Å². The van der Waals surface area contributed by atoms with Crippen LogP contribution in [0.4, 0.5) is 5.69 Å². The van der Waals surface area contributed by atoms with Crippen LogP contribution >= 0.6 is 0 Å². The van der Waals surface area contributed by atoms with E-state index >= 15 is 0 Å². The number of ether oxygens (including phenoxy) is 1. The highest BCUT2D eigenvalue weighted by molar-refractivity contribution is 5.93. The summed E-state index contributed by atoms with van der Waals surface area (Å²) in [7, 11) is 0. The van der Waals surface area contributed by atoms with E-state index < -0.39 is 0 Å². The average Bonchev–Trinajstić information content (AvgIpc) is 2.92. The van der Waals surface area contributed by atoms with Gasteiger partial charge < -0.3 is 15.4 Å². The van der Waals surface area contributed by atoms with Crippen molar-refractivity contribution in [3.8, 4) is 6.07 Å². The van der Waals surface area contributed by atoms with Gasteiger partial charge in [-0.05, 0) is 25.0 Å². The molecule has 0 radical (unpaired) electrons. The Morgan fingerprint density at radius 2 is 2.32 bits per heavy atom. The second-order valence-electron chi connectivity index (χ2n) is 4.47. The molecule has 100 valence electrons. The molecule has 2 N–H and O–H groups in total. The van der Waals surface area contributed by atoms with E-state index in [1.165, 1.54) is 0 Å². The minimum absolute atomic E-state index is 0.152. The second-order valence-corrected chi connectivity index (χ2v) is 4.47. The van der Waals surface area contributed by atoms with Gasteiger partial charge in [-0.25, -0.2) is 0 Å². The van der Waals surface area contributed by atoms with E-state index in [-0.39, 0.29) is 18.6 Å². The lowest BCUT2D eigenvalue weighted by molar-refractivity contribution is -0.115. The zero-order valence-electron chi connectivity index (χ0n) is 10.7. The van der Waals surface area contributed by atoms with Gasteiger partial charge in [-0.15, -0.1) is 0 Å². The largest absolute Gasteiger partial charge is 0.377 e. The zero-order chi connectivity index (χ0) is 13.5. The molecule has 0 saturated carbocycles. The molecular weight excluding hydrogens is 242 g/mol. The number of carbonyl (C=O) groups is 1.